The van der Waals surface area contributed by atoms with Gasteiger partial charge < -0.3 is 5.11 Å². The maximum absolute atomic E-state index is 9.50. The van der Waals surface area contributed by atoms with E-state index in [1.807, 2.05) is 30.3 Å². The molecule has 0 amide bonds. The third kappa shape index (κ3) is 2.20. The Labute approximate surface area is 110 Å². The Balaban J connectivity index is 2.14. The van der Waals surface area contributed by atoms with Gasteiger partial charge in [0.05, 0.1) is 29.1 Å². The van der Waals surface area contributed by atoms with Crippen molar-refractivity contribution >= 4 is 11.0 Å². The van der Waals surface area contributed by atoms with Crippen LogP contribution in [0.2, 0.25) is 0 Å². The molecule has 2 aromatic heterocycles. The Kier molecular flexibility index (Phi) is 2.97. The van der Waals surface area contributed by atoms with E-state index in [4.69, 9.17) is 0 Å². The molecule has 0 fully saturated rings. The second kappa shape index (κ2) is 4.78. The van der Waals surface area contributed by atoms with E-state index in [1.165, 1.54) is 6.33 Å². The summed E-state index contributed by atoms with van der Waals surface area (Å²) in [6.07, 6.45) is 3.33. The van der Waals surface area contributed by atoms with Crippen LogP contribution in [0.1, 0.15) is 12.6 Å². The maximum Gasteiger partial charge on any atom is 0.166 e. The van der Waals surface area contributed by atoms with Gasteiger partial charge in [-0.3, -0.25) is 0 Å². The minimum absolute atomic E-state index is 0.432. The molecule has 0 saturated heterocycles. The van der Waals surface area contributed by atoms with Crippen LogP contribution in [0, 0.1) is 0 Å². The summed E-state index contributed by atoms with van der Waals surface area (Å²) in [6, 6.07) is 9.83. The van der Waals surface area contributed by atoms with Gasteiger partial charge in [0, 0.05) is 6.42 Å². The number of aliphatic hydroxyl groups excluding tert-OH is 1. The first kappa shape index (κ1) is 11.8. The molecule has 3 aromatic rings. The third-order valence-electron chi connectivity index (χ3n) is 2.94. The molecule has 5 heteroatoms. The highest BCUT2D eigenvalue weighted by Crippen LogP contribution is 2.19. The topological polar surface area (TPSA) is 63.8 Å². The van der Waals surface area contributed by atoms with Crippen LogP contribution in [0.5, 0.6) is 0 Å². The first-order chi connectivity index (χ1) is 9.25. The van der Waals surface area contributed by atoms with Crippen LogP contribution in [0.25, 0.3) is 16.7 Å². The van der Waals surface area contributed by atoms with Crippen molar-refractivity contribution in [1.29, 1.82) is 0 Å². The lowest BCUT2D eigenvalue weighted by atomic mass is 10.1. The van der Waals surface area contributed by atoms with Crippen molar-refractivity contribution in [2.24, 2.45) is 0 Å². The van der Waals surface area contributed by atoms with Crippen molar-refractivity contribution in [3.8, 4) is 5.69 Å². The molecule has 0 bridgehead atoms. The molecule has 1 N–H and O–H groups in total. The van der Waals surface area contributed by atoms with Crippen molar-refractivity contribution in [2.75, 3.05) is 0 Å². The highest BCUT2D eigenvalue weighted by Gasteiger charge is 2.12. The maximum atomic E-state index is 9.50. The molecule has 1 unspecified atom stereocenters. The number of aromatic nitrogens is 4. The van der Waals surface area contributed by atoms with E-state index in [-0.39, 0.29) is 0 Å². The Hall–Kier alpha value is -2.27. The van der Waals surface area contributed by atoms with Gasteiger partial charge in [0.2, 0.25) is 0 Å². The highest BCUT2D eigenvalue weighted by molar-refractivity contribution is 5.78. The summed E-state index contributed by atoms with van der Waals surface area (Å²) in [6.45, 7) is 1.75. The first-order valence-electron chi connectivity index (χ1n) is 6.17. The molecule has 1 aromatic carbocycles. The van der Waals surface area contributed by atoms with Gasteiger partial charge >= 0.3 is 0 Å². The fraction of sp³-hybridized carbons (Fsp3) is 0.214. The summed E-state index contributed by atoms with van der Waals surface area (Å²) in [5.41, 5.74) is 2.54. The summed E-state index contributed by atoms with van der Waals surface area (Å²) >= 11 is 0. The second-order valence-corrected chi connectivity index (χ2v) is 4.50. The van der Waals surface area contributed by atoms with Crippen molar-refractivity contribution in [1.82, 2.24) is 19.7 Å². The van der Waals surface area contributed by atoms with E-state index in [9.17, 15) is 5.11 Å². The Bertz CT molecular complexity index is 691. The number of hydrogen-bond donors (Lipinski definition) is 1. The lowest BCUT2D eigenvalue weighted by Crippen LogP contribution is -2.07. The molecule has 96 valence electrons. The average Bonchev–Trinajstić information content (AvgIpc) is 2.84. The fourth-order valence-electron chi connectivity index (χ4n) is 2.09. The lowest BCUT2D eigenvalue weighted by Gasteiger charge is -2.05. The van der Waals surface area contributed by atoms with Crippen LogP contribution in [0.3, 0.4) is 0 Å². The van der Waals surface area contributed by atoms with Gasteiger partial charge in [0.15, 0.2) is 5.65 Å². The van der Waals surface area contributed by atoms with Crippen LogP contribution < -0.4 is 0 Å². The molecule has 0 aliphatic rings. The molecule has 0 saturated carbocycles. The van der Waals surface area contributed by atoms with Gasteiger partial charge in [-0.2, -0.15) is 5.10 Å². The molecule has 2 heterocycles. The lowest BCUT2D eigenvalue weighted by molar-refractivity contribution is 0.194. The molecular formula is C14H14N4O. The summed E-state index contributed by atoms with van der Waals surface area (Å²) in [5, 5.41) is 14.7. The van der Waals surface area contributed by atoms with Crippen LogP contribution in [-0.4, -0.2) is 31.0 Å². The number of rotatable bonds is 3. The number of aliphatic hydroxyl groups is 1. The molecule has 5 nitrogen and oxygen atoms in total. The van der Waals surface area contributed by atoms with Gasteiger partial charge in [-0.1, -0.05) is 18.2 Å². The van der Waals surface area contributed by atoms with Crippen molar-refractivity contribution in [3.63, 3.8) is 0 Å². The summed E-state index contributed by atoms with van der Waals surface area (Å²) in [7, 11) is 0. The minimum Gasteiger partial charge on any atom is -0.393 e. The third-order valence-corrected chi connectivity index (χ3v) is 2.94. The zero-order valence-corrected chi connectivity index (χ0v) is 10.6. The molecule has 0 aliphatic heterocycles. The number of benzene rings is 1. The minimum atomic E-state index is -0.432. The smallest absolute Gasteiger partial charge is 0.166 e. The summed E-state index contributed by atoms with van der Waals surface area (Å²) in [5.74, 6) is 0. The average molecular weight is 254 g/mol. The molecule has 3 rings (SSSR count). The monoisotopic (exact) mass is 254 g/mol. The molecule has 0 aliphatic carbocycles. The molecular weight excluding hydrogens is 240 g/mol. The van der Waals surface area contributed by atoms with Crippen molar-refractivity contribution < 1.29 is 5.11 Å². The predicted molar refractivity (Wildman–Crippen MR) is 72.0 cm³/mol. The number of hydrogen-bond acceptors (Lipinski definition) is 4. The van der Waals surface area contributed by atoms with E-state index in [1.54, 1.807) is 17.8 Å². The standard InChI is InChI=1S/C14H14N4O/c1-10(19)7-13-12-8-17-18(14(12)16-9-15-13)11-5-3-2-4-6-11/h2-6,8-10,19H,7H2,1H3. The number of fused-ring (bicyclic) bond motifs is 1. The Morgan fingerprint density at radius 2 is 2.00 bits per heavy atom. The van der Waals surface area contributed by atoms with E-state index in [0.29, 0.717) is 6.42 Å². The molecule has 0 radical (unpaired) electrons. The molecule has 19 heavy (non-hydrogen) atoms. The zero-order valence-electron chi connectivity index (χ0n) is 10.6. The second-order valence-electron chi connectivity index (χ2n) is 4.50. The SMILES string of the molecule is CC(O)Cc1ncnc2c1cnn2-c1ccccc1. The van der Waals surface area contributed by atoms with Gasteiger partial charge in [0.25, 0.3) is 0 Å². The van der Waals surface area contributed by atoms with Gasteiger partial charge in [-0.05, 0) is 19.1 Å². The van der Waals surface area contributed by atoms with E-state index in [0.717, 1.165) is 22.4 Å². The van der Waals surface area contributed by atoms with Crippen molar-refractivity contribution in [2.45, 2.75) is 19.4 Å². The van der Waals surface area contributed by atoms with Crippen LogP contribution in [0.4, 0.5) is 0 Å². The largest absolute Gasteiger partial charge is 0.393 e. The van der Waals surface area contributed by atoms with Gasteiger partial charge in [-0.25, -0.2) is 14.6 Å². The molecule has 1 atom stereocenters. The zero-order chi connectivity index (χ0) is 13.2. The predicted octanol–water partition coefficient (Wildman–Crippen LogP) is 1.74. The quantitative estimate of drug-likeness (QED) is 0.773. The van der Waals surface area contributed by atoms with E-state index >= 15 is 0 Å². The molecule has 0 spiro atoms. The van der Waals surface area contributed by atoms with Gasteiger partial charge in [-0.15, -0.1) is 0 Å². The van der Waals surface area contributed by atoms with E-state index in [2.05, 4.69) is 15.1 Å². The highest BCUT2D eigenvalue weighted by atomic mass is 16.3. The Morgan fingerprint density at radius 3 is 2.74 bits per heavy atom. The van der Waals surface area contributed by atoms with Crippen LogP contribution in [-0.2, 0) is 6.42 Å². The van der Waals surface area contributed by atoms with Crippen LogP contribution in [0.15, 0.2) is 42.9 Å². The summed E-state index contributed by atoms with van der Waals surface area (Å²) < 4.78 is 1.78. The summed E-state index contributed by atoms with van der Waals surface area (Å²) in [4.78, 5) is 8.52. The van der Waals surface area contributed by atoms with Crippen molar-refractivity contribution in [3.05, 3.63) is 48.5 Å². The number of para-hydroxylation sites is 1. The fourth-order valence-corrected chi connectivity index (χ4v) is 2.09. The van der Waals surface area contributed by atoms with Gasteiger partial charge in [0.1, 0.15) is 6.33 Å². The normalized spacial score (nSPS) is 12.7. The van der Waals surface area contributed by atoms with Crippen LogP contribution >= 0.6 is 0 Å². The first-order valence-corrected chi connectivity index (χ1v) is 6.17. The Morgan fingerprint density at radius 1 is 1.21 bits per heavy atom. The van der Waals surface area contributed by atoms with E-state index < -0.39 is 6.10 Å². The number of nitrogens with zero attached hydrogens (tertiary/aromatic N) is 4.